The van der Waals surface area contributed by atoms with E-state index in [0.717, 1.165) is 19.7 Å². The minimum absolute atomic E-state index is 0.0398. The third-order valence-electron chi connectivity index (χ3n) is 4.27. The molecule has 1 saturated heterocycles. The normalized spacial score (nSPS) is 37.6. The van der Waals surface area contributed by atoms with Crippen molar-refractivity contribution in [2.24, 2.45) is 11.8 Å². The van der Waals surface area contributed by atoms with Crippen molar-refractivity contribution in [1.82, 2.24) is 5.32 Å². The van der Waals surface area contributed by atoms with Crippen molar-refractivity contribution in [3.8, 4) is 0 Å². The molecule has 0 unspecified atom stereocenters. The summed E-state index contributed by atoms with van der Waals surface area (Å²) in [6.45, 7) is 7.48. The van der Waals surface area contributed by atoms with Gasteiger partial charge in [0.05, 0.1) is 6.61 Å². The monoisotopic (exact) mass is 217 g/mol. The standard InChI is InChI=1S/C14H19NO/c1-10-7-15-8-11(2)14(10)13-6-4-3-5-12(13)9-16-14/h3-6,10-11,15H,7-9H2,1-2H3/t10-,11+,14+. The van der Waals surface area contributed by atoms with E-state index in [1.54, 1.807) is 0 Å². The van der Waals surface area contributed by atoms with Crippen molar-refractivity contribution in [3.05, 3.63) is 35.4 Å². The lowest BCUT2D eigenvalue weighted by Crippen LogP contribution is -2.52. The molecular formula is C14H19NO. The fourth-order valence-corrected chi connectivity index (χ4v) is 3.42. The van der Waals surface area contributed by atoms with Crippen LogP contribution in [0.1, 0.15) is 25.0 Å². The summed E-state index contributed by atoms with van der Waals surface area (Å²) in [6, 6.07) is 8.70. The maximum absolute atomic E-state index is 6.24. The highest BCUT2D eigenvalue weighted by atomic mass is 16.5. The summed E-state index contributed by atoms with van der Waals surface area (Å²) in [5, 5.41) is 3.49. The molecule has 0 aromatic heterocycles. The Labute approximate surface area is 97.0 Å². The second kappa shape index (κ2) is 3.57. The first-order valence-corrected chi connectivity index (χ1v) is 6.18. The third kappa shape index (κ3) is 1.20. The average Bonchev–Trinajstić information content (AvgIpc) is 2.67. The largest absolute Gasteiger partial charge is 0.365 e. The number of hydrogen-bond acceptors (Lipinski definition) is 2. The van der Waals surface area contributed by atoms with Gasteiger partial charge in [-0.25, -0.2) is 0 Å². The van der Waals surface area contributed by atoms with Crippen LogP contribution in [-0.2, 0) is 16.9 Å². The smallest absolute Gasteiger partial charge is 0.101 e. The summed E-state index contributed by atoms with van der Waals surface area (Å²) < 4.78 is 6.24. The molecule has 2 aliphatic heterocycles. The van der Waals surface area contributed by atoms with Gasteiger partial charge in [-0.3, -0.25) is 0 Å². The van der Waals surface area contributed by atoms with Gasteiger partial charge in [0.2, 0.25) is 0 Å². The van der Waals surface area contributed by atoms with Crippen molar-refractivity contribution < 1.29 is 4.74 Å². The molecular weight excluding hydrogens is 198 g/mol. The molecule has 86 valence electrons. The molecule has 16 heavy (non-hydrogen) atoms. The first-order chi connectivity index (χ1) is 7.75. The van der Waals surface area contributed by atoms with E-state index in [1.807, 2.05) is 0 Å². The molecule has 2 heterocycles. The third-order valence-corrected chi connectivity index (χ3v) is 4.27. The lowest BCUT2D eigenvalue weighted by molar-refractivity contribution is -0.126. The lowest BCUT2D eigenvalue weighted by atomic mass is 9.71. The molecule has 2 nitrogen and oxygen atoms in total. The molecule has 2 aliphatic rings. The quantitative estimate of drug-likeness (QED) is 0.720. The molecule has 3 rings (SSSR count). The minimum Gasteiger partial charge on any atom is -0.365 e. The molecule has 0 saturated carbocycles. The van der Waals surface area contributed by atoms with E-state index in [0.29, 0.717) is 11.8 Å². The van der Waals surface area contributed by atoms with Gasteiger partial charge in [0.25, 0.3) is 0 Å². The number of hydrogen-bond donors (Lipinski definition) is 1. The zero-order valence-corrected chi connectivity index (χ0v) is 9.99. The van der Waals surface area contributed by atoms with Gasteiger partial charge in [-0.15, -0.1) is 0 Å². The van der Waals surface area contributed by atoms with E-state index in [2.05, 4.69) is 43.4 Å². The van der Waals surface area contributed by atoms with Gasteiger partial charge < -0.3 is 10.1 Å². The molecule has 3 atom stereocenters. The van der Waals surface area contributed by atoms with Gasteiger partial charge in [0.15, 0.2) is 0 Å². The van der Waals surface area contributed by atoms with E-state index in [4.69, 9.17) is 4.74 Å². The Morgan fingerprint density at radius 3 is 2.62 bits per heavy atom. The zero-order chi connectivity index (χ0) is 11.2. The summed E-state index contributed by atoms with van der Waals surface area (Å²) in [7, 11) is 0. The predicted molar refractivity (Wildman–Crippen MR) is 64.1 cm³/mol. The predicted octanol–water partition coefficient (Wildman–Crippen LogP) is 2.29. The molecule has 1 N–H and O–H groups in total. The molecule has 1 aromatic rings. The molecule has 2 heteroatoms. The highest BCUT2D eigenvalue weighted by Gasteiger charge is 2.50. The summed E-state index contributed by atoms with van der Waals surface area (Å²) >= 11 is 0. The molecule has 1 aromatic carbocycles. The highest BCUT2D eigenvalue weighted by Crippen LogP contribution is 2.48. The second-order valence-corrected chi connectivity index (χ2v) is 5.20. The minimum atomic E-state index is -0.0398. The Bertz CT molecular complexity index is 391. The van der Waals surface area contributed by atoms with Crippen LogP contribution in [0.2, 0.25) is 0 Å². The molecule has 0 bridgehead atoms. The molecule has 1 spiro atoms. The summed E-state index contributed by atoms with van der Waals surface area (Å²) in [5.41, 5.74) is 2.77. The summed E-state index contributed by atoms with van der Waals surface area (Å²) in [5.74, 6) is 1.08. The Hall–Kier alpha value is -0.860. The topological polar surface area (TPSA) is 21.3 Å². The van der Waals surface area contributed by atoms with Crippen LogP contribution in [0.3, 0.4) is 0 Å². The molecule has 0 amide bonds. The summed E-state index contributed by atoms with van der Waals surface area (Å²) in [6.07, 6.45) is 0. The zero-order valence-electron chi connectivity index (χ0n) is 9.99. The number of nitrogens with one attached hydrogen (secondary N) is 1. The number of rotatable bonds is 0. The maximum atomic E-state index is 6.24. The van der Waals surface area contributed by atoms with Crippen LogP contribution in [-0.4, -0.2) is 13.1 Å². The Kier molecular flexibility index (Phi) is 2.30. The second-order valence-electron chi connectivity index (χ2n) is 5.20. The number of benzene rings is 1. The van der Waals surface area contributed by atoms with Gasteiger partial charge in [-0.1, -0.05) is 38.1 Å². The molecule has 0 aliphatic carbocycles. The Morgan fingerprint density at radius 1 is 1.19 bits per heavy atom. The fourth-order valence-electron chi connectivity index (χ4n) is 3.42. The number of ether oxygens (including phenoxy) is 1. The highest BCUT2D eigenvalue weighted by molar-refractivity contribution is 5.37. The van der Waals surface area contributed by atoms with Crippen molar-refractivity contribution in [2.75, 3.05) is 13.1 Å². The van der Waals surface area contributed by atoms with Crippen molar-refractivity contribution in [1.29, 1.82) is 0 Å². The van der Waals surface area contributed by atoms with Crippen LogP contribution >= 0.6 is 0 Å². The molecule has 0 radical (unpaired) electrons. The van der Waals surface area contributed by atoms with Crippen LogP contribution in [0, 0.1) is 11.8 Å². The van der Waals surface area contributed by atoms with Crippen molar-refractivity contribution in [2.45, 2.75) is 26.1 Å². The first-order valence-electron chi connectivity index (χ1n) is 6.18. The van der Waals surface area contributed by atoms with Crippen LogP contribution in [0.15, 0.2) is 24.3 Å². The van der Waals surface area contributed by atoms with Crippen LogP contribution < -0.4 is 5.32 Å². The van der Waals surface area contributed by atoms with E-state index in [9.17, 15) is 0 Å². The van der Waals surface area contributed by atoms with Gasteiger partial charge >= 0.3 is 0 Å². The Morgan fingerprint density at radius 2 is 1.88 bits per heavy atom. The van der Waals surface area contributed by atoms with E-state index >= 15 is 0 Å². The average molecular weight is 217 g/mol. The van der Waals surface area contributed by atoms with Crippen molar-refractivity contribution in [3.63, 3.8) is 0 Å². The van der Waals surface area contributed by atoms with Gasteiger partial charge in [-0.2, -0.15) is 0 Å². The summed E-state index contributed by atoms with van der Waals surface area (Å²) in [4.78, 5) is 0. The molecule has 1 fully saturated rings. The lowest BCUT2D eigenvalue weighted by Gasteiger charge is -2.45. The van der Waals surface area contributed by atoms with Crippen LogP contribution in [0.25, 0.3) is 0 Å². The number of piperidine rings is 1. The van der Waals surface area contributed by atoms with E-state index < -0.39 is 0 Å². The van der Waals surface area contributed by atoms with Gasteiger partial charge in [-0.05, 0) is 11.1 Å². The van der Waals surface area contributed by atoms with E-state index in [-0.39, 0.29) is 5.60 Å². The van der Waals surface area contributed by atoms with E-state index in [1.165, 1.54) is 11.1 Å². The fraction of sp³-hybridized carbons (Fsp3) is 0.571. The first kappa shape index (κ1) is 10.3. The Balaban J connectivity index is 2.11. The van der Waals surface area contributed by atoms with Crippen LogP contribution in [0.4, 0.5) is 0 Å². The number of fused-ring (bicyclic) bond motifs is 2. The SMILES string of the molecule is C[C@@H]1CNC[C@H](C)[C@@]12OCc1ccccc12. The van der Waals surface area contributed by atoms with Crippen LogP contribution in [0.5, 0.6) is 0 Å². The maximum Gasteiger partial charge on any atom is 0.101 e. The van der Waals surface area contributed by atoms with Gasteiger partial charge in [0.1, 0.15) is 5.60 Å². The van der Waals surface area contributed by atoms with Gasteiger partial charge in [0, 0.05) is 24.9 Å². The van der Waals surface area contributed by atoms with Crippen molar-refractivity contribution >= 4 is 0 Å².